The van der Waals surface area contributed by atoms with Gasteiger partial charge in [-0.25, -0.2) is 9.69 Å². The summed E-state index contributed by atoms with van der Waals surface area (Å²) in [7, 11) is 0. The zero-order valence-corrected chi connectivity index (χ0v) is 19.7. The van der Waals surface area contributed by atoms with Gasteiger partial charge in [0.1, 0.15) is 0 Å². The van der Waals surface area contributed by atoms with Gasteiger partial charge in [-0.3, -0.25) is 10.2 Å². The predicted octanol–water partition coefficient (Wildman–Crippen LogP) is 6.20. The molecule has 33 heavy (non-hydrogen) atoms. The molecule has 0 atom stereocenters. The second-order valence-electron chi connectivity index (χ2n) is 7.80. The first-order valence-electron chi connectivity index (χ1n) is 10.4. The smallest absolute Gasteiger partial charge is 0.269 e. The minimum atomic E-state index is -0.240. The Labute approximate surface area is 206 Å². The van der Waals surface area contributed by atoms with Crippen molar-refractivity contribution in [3.05, 3.63) is 105 Å². The summed E-state index contributed by atoms with van der Waals surface area (Å²) in [5.74, 6) is -0.240. The van der Waals surface area contributed by atoms with Crippen LogP contribution in [0.2, 0.25) is 15.1 Å². The number of rotatable bonds is 4. The molecule has 0 saturated heterocycles. The molecule has 0 fully saturated rings. The van der Waals surface area contributed by atoms with Gasteiger partial charge < -0.3 is 0 Å². The predicted molar refractivity (Wildman–Crippen MR) is 132 cm³/mol. The van der Waals surface area contributed by atoms with E-state index in [1.165, 1.54) is 11.1 Å². The number of fused-ring (bicyclic) bond motifs is 1. The van der Waals surface area contributed by atoms with E-state index < -0.39 is 0 Å². The van der Waals surface area contributed by atoms with Gasteiger partial charge in [0.2, 0.25) is 0 Å². The lowest BCUT2D eigenvalue weighted by molar-refractivity contribution is 0.0764. The molecule has 5 rings (SSSR count). The monoisotopic (exact) mass is 496 g/mol. The number of hydrogen-bond donors (Lipinski definition) is 1. The van der Waals surface area contributed by atoms with Crippen molar-refractivity contribution in [2.75, 3.05) is 6.54 Å². The van der Waals surface area contributed by atoms with Crippen LogP contribution < -0.4 is 5.43 Å². The summed E-state index contributed by atoms with van der Waals surface area (Å²) in [6.45, 7) is 1.38. The van der Waals surface area contributed by atoms with Crippen molar-refractivity contribution < 1.29 is 4.79 Å². The van der Waals surface area contributed by atoms with Gasteiger partial charge in [-0.15, -0.1) is 0 Å². The van der Waals surface area contributed by atoms with E-state index in [1.54, 1.807) is 41.2 Å². The Morgan fingerprint density at radius 1 is 0.909 bits per heavy atom. The average molecular weight is 498 g/mol. The highest BCUT2D eigenvalue weighted by Gasteiger charge is 2.24. The molecule has 1 amide bonds. The number of benzene rings is 3. The number of hydrazine groups is 1. The molecule has 2 heterocycles. The molecule has 0 radical (unpaired) electrons. The maximum absolute atomic E-state index is 13.4. The molecule has 4 aromatic rings. The van der Waals surface area contributed by atoms with E-state index in [1.807, 2.05) is 29.3 Å². The number of nitrogens with zero attached hydrogens (tertiary/aromatic N) is 3. The van der Waals surface area contributed by atoms with Crippen molar-refractivity contribution in [1.82, 2.24) is 20.2 Å². The summed E-state index contributed by atoms with van der Waals surface area (Å²) in [5.41, 5.74) is 8.04. The minimum absolute atomic E-state index is 0.240. The molecular formula is C25H19Cl3N4O. The van der Waals surface area contributed by atoms with Crippen molar-refractivity contribution in [2.45, 2.75) is 13.0 Å². The molecule has 0 unspecified atom stereocenters. The third kappa shape index (κ3) is 4.50. The fourth-order valence-corrected chi connectivity index (χ4v) is 4.65. The Morgan fingerprint density at radius 3 is 2.39 bits per heavy atom. The van der Waals surface area contributed by atoms with Crippen LogP contribution in [0, 0.1) is 0 Å². The summed E-state index contributed by atoms with van der Waals surface area (Å²) < 4.78 is 1.66. The van der Waals surface area contributed by atoms with Crippen molar-refractivity contribution in [3.8, 4) is 16.9 Å². The number of aromatic nitrogens is 2. The molecule has 3 aromatic carbocycles. The SMILES string of the molecule is O=C(NN1CCc2ccccc2C1)c1cnn(-c2ccc(Cl)cc2Cl)c1-c1ccc(Cl)cc1. The largest absolute Gasteiger partial charge is 0.284 e. The third-order valence-electron chi connectivity index (χ3n) is 5.66. The van der Waals surface area contributed by atoms with Crippen LogP contribution in [-0.4, -0.2) is 27.2 Å². The first-order chi connectivity index (χ1) is 16.0. The average Bonchev–Trinajstić information content (AvgIpc) is 3.24. The molecule has 0 aliphatic carbocycles. The van der Waals surface area contributed by atoms with Gasteiger partial charge in [0.15, 0.2) is 0 Å². The van der Waals surface area contributed by atoms with Crippen molar-refractivity contribution in [1.29, 1.82) is 0 Å². The Morgan fingerprint density at radius 2 is 1.64 bits per heavy atom. The van der Waals surface area contributed by atoms with Crippen LogP contribution in [0.25, 0.3) is 16.9 Å². The molecule has 1 aliphatic heterocycles. The summed E-state index contributed by atoms with van der Waals surface area (Å²) in [6, 6.07) is 20.7. The Balaban J connectivity index is 1.51. The van der Waals surface area contributed by atoms with E-state index in [0.29, 0.717) is 38.6 Å². The fourth-order valence-electron chi connectivity index (χ4n) is 4.03. The van der Waals surface area contributed by atoms with E-state index >= 15 is 0 Å². The van der Waals surface area contributed by atoms with Gasteiger partial charge >= 0.3 is 0 Å². The minimum Gasteiger partial charge on any atom is -0.284 e. The van der Waals surface area contributed by atoms with Crippen LogP contribution in [-0.2, 0) is 13.0 Å². The Bertz CT molecular complexity index is 1330. The number of carbonyl (C=O) groups is 1. The van der Waals surface area contributed by atoms with Gasteiger partial charge in [0, 0.05) is 28.7 Å². The third-order valence-corrected chi connectivity index (χ3v) is 6.45. The van der Waals surface area contributed by atoms with Crippen LogP contribution >= 0.6 is 34.8 Å². The lowest BCUT2D eigenvalue weighted by atomic mass is 10.0. The van der Waals surface area contributed by atoms with Gasteiger partial charge in [0.05, 0.1) is 28.2 Å². The quantitative estimate of drug-likeness (QED) is 0.365. The Kier molecular flexibility index (Phi) is 6.13. The molecule has 0 bridgehead atoms. The molecule has 0 spiro atoms. The standard InChI is InChI=1S/C25H19Cl3N4O/c26-19-7-5-17(6-8-19)24-21(14-29-32(24)23-10-9-20(27)13-22(23)28)25(33)30-31-12-11-16-3-1-2-4-18(16)15-31/h1-10,13-14H,11-12,15H2,(H,30,33). The maximum Gasteiger partial charge on any atom is 0.269 e. The van der Waals surface area contributed by atoms with E-state index in [9.17, 15) is 4.79 Å². The highest BCUT2D eigenvalue weighted by atomic mass is 35.5. The number of carbonyl (C=O) groups excluding carboxylic acids is 1. The van der Waals surface area contributed by atoms with Crippen LogP contribution in [0.1, 0.15) is 21.5 Å². The zero-order valence-electron chi connectivity index (χ0n) is 17.4. The molecule has 166 valence electrons. The first kappa shape index (κ1) is 22.0. The van der Waals surface area contributed by atoms with Crippen molar-refractivity contribution in [2.24, 2.45) is 0 Å². The normalized spacial score (nSPS) is 13.5. The highest BCUT2D eigenvalue weighted by molar-refractivity contribution is 6.35. The first-order valence-corrected chi connectivity index (χ1v) is 11.5. The molecule has 0 saturated carbocycles. The van der Waals surface area contributed by atoms with E-state index in [0.717, 1.165) is 18.5 Å². The number of amides is 1. The fraction of sp³-hybridized carbons (Fsp3) is 0.120. The molecule has 1 N–H and O–H groups in total. The second-order valence-corrected chi connectivity index (χ2v) is 9.08. The van der Waals surface area contributed by atoms with Gasteiger partial charge in [0.25, 0.3) is 5.91 Å². The molecule has 5 nitrogen and oxygen atoms in total. The van der Waals surface area contributed by atoms with Gasteiger partial charge in [-0.1, -0.05) is 71.2 Å². The van der Waals surface area contributed by atoms with Crippen LogP contribution in [0.15, 0.2) is 72.9 Å². The van der Waals surface area contributed by atoms with Crippen molar-refractivity contribution in [3.63, 3.8) is 0 Å². The lowest BCUT2D eigenvalue weighted by Gasteiger charge is -2.28. The number of hydrogen-bond acceptors (Lipinski definition) is 3. The van der Waals surface area contributed by atoms with Gasteiger partial charge in [-0.05, 0) is 47.9 Å². The summed E-state index contributed by atoms with van der Waals surface area (Å²) >= 11 is 18.6. The van der Waals surface area contributed by atoms with Crippen molar-refractivity contribution >= 4 is 40.7 Å². The van der Waals surface area contributed by atoms with E-state index in [-0.39, 0.29) is 5.91 Å². The van der Waals surface area contributed by atoms with E-state index in [2.05, 4.69) is 22.7 Å². The molecular weight excluding hydrogens is 479 g/mol. The molecule has 8 heteroatoms. The topological polar surface area (TPSA) is 50.2 Å². The Hall–Kier alpha value is -2.83. The molecule has 1 aliphatic rings. The maximum atomic E-state index is 13.4. The lowest BCUT2D eigenvalue weighted by Crippen LogP contribution is -2.45. The number of nitrogens with one attached hydrogen (secondary N) is 1. The summed E-state index contributed by atoms with van der Waals surface area (Å²) in [5, 5.41) is 7.99. The van der Waals surface area contributed by atoms with Gasteiger partial charge in [-0.2, -0.15) is 5.10 Å². The molecule has 1 aromatic heterocycles. The zero-order chi connectivity index (χ0) is 22.9. The van der Waals surface area contributed by atoms with Crippen LogP contribution in [0.3, 0.4) is 0 Å². The van der Waals surface area contributed by atoms with Crippen LogP contribution in [0.5, 0.6) is 0 Å². The van der Waals surface area contributed by atoms with Crippen LogP contribution in [0.4, 0.5) is 0 Å². The summed E-state index contributed by atoms with van der Waals surface area (Å²) in [6.07, 6.45) is 2.43. The number of halogens is 3. The van der Waals surface area contributed by atoms with E-state index in [4.69, 9.17) is 34.8 Å². The highest BCUT2D eigenvalue weighted by Crippen LogP contribution is 2.32. The summed E-state index contributed by atoms with van der Waals surface area (Å²) in [4.78, 5) is 13.4. The second kappa shape index (κ2) is 9.20.